The van der Waals surface area contributed by atoms with Gasteiger partial charge >= 0.3 is 0 Å². The van der Waals surface area contributed by atoms with E-state index in [1.54, 1.807) is 6.08 Å². The zero-order valence-electron chi connectivity index (χ0n) is 19.8. The first-order valence-electron chi connectivity index (χ1n) is 12.6. The molecule has 1 fully saturated rings. The van der Waals surface area contributed by atoms with E-state index in [1.165, 1.54) is 59.1 Å². The number of ketones is 1. The molecular formula is C32H36O. The number of hydrogen-bond acceptors (Lipinski definition) is 1. The van der Waals surface area contributed by atoms with Gasteiger partial charge in [0, 0.05) is 1.43 Å². The van der Waals surface area contributed by atoms with Crippen LogP contribution < -0.4 is 0 Å². The van der Waals surface area contributed by atoms with Gasteiger partial charge in [-0.1, -0.05) is 106 Å². The van der Waals surface area contributed by atoms with Gasteiger partial charge < -0.3 is 0 Å². The average molecular weight is 437 g/mol. The van der Waals surface area contributed by atoms with Crippen molar-refractivity contribution in [3.05, 3.63) is 112 Å². The van der Waals surface area contributed by atoms with Crippen LogP contribution in [0.2, 0.25) is 0 Å². The van der Waals surface area contributed by atoms with Crippen molar-refractivity contribution in [3.8, 4) is 0 Å². The monoisotopic (exact) mass is 436 g/mol. The summed E-state index contributed by atoms with van der Waals surface area (Å²) in [7, 11) is 0. The Morgan fingerprint density at radius 1 is 0.848 bits per heavy atom. The molecule has 1 nitrogen and oxygen atoms in total. The van der Waals surface area contributed by atoms with E-state index in [2.05, 4.69) is 80.6 Å². The second kappa shape index (κ2) is 9.51. The summed E-state index contributed by atoms with van der Waals surface area (Å²) in [5, 5.41) is 0. The van der Waals surface area contributed by atoms with Crippen LogP contribution in [0.15, 0.2) is 78.9 Å². The van der Waals surface area contributed by atoms with Gasteiger partial charge in [-0.2, -0.15) is 0 Å². The second-order valence-corrected chi connectivity index (χ2v) is 10.3. The van der Waals surface area contributed by atoms with E-state index in [0.29, 0.717) is 0 Å². The maximum Gasteiger partial charge on any atom is 0.163 e. The average Bonchev–Trinajstić information content (AvgIpc) is 2.85. The van der Waals surface area contributed by atoms with Crippen molar-refractivity contribution >= 4 is 11.9 Å². The Labute approximate surface area is 200 Å². The fourth-order valence-corrected chi connectivity index (χ4v) is 5.79. The van der Waals surface area contributed by atoms with Crippen LogP contribution in [-0.4, -0.2) is 5.78 Å². The lowest BCUT2D eigenvalue weighted by molar-refractivity contribution is -0.116. The maximum absolute atomic E-state index is 13.0. The number of rotatable bonds is 5. The molecule has 1 heteroatoms. The molecule has 3 aromatic rings. The Morgan fingerprint density at radius 2 is 1.55 bits per heavy atom. The summed E-state index contributed by atoms with van der Waals surface area (Å²) in [6, 6.07) is 26.4. The Morgan fingerprint density at radius 3 is 2.27 bits per heavy atom. The molecule has 5 rings (SSSR count). The first-order valence-corrected chi connectivity index (χ1v) is 12.6. The van der Waals surface area contributed by atoms with Crippen molar-refractivity contribution in [1.29, 1.82) is 0 Å². The molecule has 0 spiro atoms. The van der Waals surface area contributed by atoms with Crippen LogP contribution in [-0.2, 0) is 11.2 Å². The van der Waals surface area contributed by atoms with Gasteiger partial charge in [0.05, 0.1) is 5.92 Å². The number of fused-ring (bicyclic) bond motifs is 1. The highest BCUT2D eigenvalue weighted by molar-refractivity contribution is 6.02. The molecule has 170 valence electrons. The highest BCUT2D eigenvalue weighted by Crippen LogP contribution is 2.39. The topological polar surface area (TPSA) is 17.1 Å². The predicted molar refractivity (Wildman–Crippen MR) is 140 cm³/mol. The molecule has 2 unspecified atom stereocenters. The molecule has 2 aliphatic rings. The summed E-state index contributed by atoms with van der Waals surface area (Å²) in [6.45, 7) is 4.56. The second-order valence-electron chi connectivity index (χ2n) is 10.3. The van der Waals surface area contributed by atoms with Crippen LogP contribution in [0.4, 0.5) is 0 Å². The van der Waals surface area contributed by atoms with Gasteiger partial charge in [0.25, 0.3) is 0 Å². The standard InChI is InChI=1S/C32H34O.H2/c1-22-8-13-27(14-9-22)28-15-10-24(11-16-28)20-25-12-17-29-18-19-31(33)32(30(29)21-25)23(2)26-6-4-3-5-7-26;/h3-7,10-12,15-19,21-23,27,32H,8-9,13-14,20H2,1-2H3;1H. The molecule has 1 saturated carbocycles. The zero-order valence-corrected chi connectivity index (χ0v) is 19.8. The molecule has 33 heavy (non-hydrogen) atoms. The number of benzene rings is 3. The molecule has 0 radical (unpaired) electrons. The highest BCUT2D eigenvalue weighted by atomic mass is 16.1. The lowest BCUT2D eigenvalue weighted by atomic mass is 9.75. The van der Waals surface area contributed by atoms with E-state index in [4.69, 9.17) is 0 Å². The van der Waals surface area contributed by atoms with Crippen LogP contribution >= 0.6 is 0 Å². The molecule has 0 saturated heterocycles. The van der Waals surface area contributed by atoms with Crippen molar-refractivity contribution in [1.82, 2.24) is 0 Å². The van der Waals surface area contributed by atoms with E-state index in [1.807, 2.05) is 12.1 Å². The smallest absolute Gasteiger partial charge is 0.163 e. The fraction of sp³-hybridized carbons (Fsp3) is 0.344. The van der Waals surface area contributed by atoms with Gasteiger partial charge in [-0.3, -0.25) is 4.79 Å². The SMILES string of the molecule is CC1CCC(c2ccc(Cc3ccc4c(c3)C(C(C)c3ccccc3)C(=O)C=C4)cc2)CC1.[HH]. The fourth-order valence-electron chi connectivity index (χ4n) is 5.79. The minimum absolute atomic E-state index is 0. The number of carbonyl (C=O) groups is 1. The third-order valence-electron chi connectivity index (χ3n) is 7.92. The van der Waals surface area contributed by atoms with Crippen molar-refractivity contribution < 1.29 is 6.22 Å². The number of allylic oxidation sites excluding steroid dienone is 1. The number of hydrogen-bond donors (Lipinski definition) is 0. The van der Waals surface area contributed by atoms with Crippen LogP contribution in [0.1, 0.15) is 92.1 Å². The van der Waals surface area contributed by atoms with Crippen molar-refractivity contribution in [2.75, 3.05) is 0 Å². The predicted octanol–water partition coefficient (Wildman–Crippen LogP) is 8.30. The molecule has 0 amide bonds. The molecule has 0 heterocycles. The van der Waals surface area contributed by atoms with E-state index >= 15 is 0 Å². The van der Waals surface area contributed by atoms with Crippen molar-refractivity contribution in [2.24, 2.45) is 5.92 Å². The van der Waals surface area contributed by atoms with Crippen LogP contribution in [0.5, 0.6) is 0 Å². The largest absolute Gasteiger partial charge is 0.294 e. The maximum atomic E-state index is 13.0. The third kappa shape index (κ3) is 4.74. The van der Waals surface area contributed by atoms with Gasteiger partial charge in [-0.05, 0) is 76.5 Å². The lowest BCUT2D eigenvalue weighted by Gasteiger charge is -2.27. The highest BCUT2D eigenvalue weighted by Gasteiger charge is 2.30. The Hall–Kier alpha value is -2.93. The Balaban J connectivity index is 0.00000274. The summed E-state index contributed by atoms with van der Waals surface area (Å²) in [5.41, 5.74) is 7.69. The molecule has 0 aromatic heterocycles. The molecule has 0 bridgehead atoms. The number of carbonyl (C=O) groups excluding carboxylic acids is 1. The zero-order chi connectivity index (χ0) is 22.8. The normalized spacial score (nSPS) is 23.2. The van der Waals surface area contributed by atoms with E-state index < -0.39 is 0 Å². The van der Waals surface area contributed by atoms with Crippen LogP contribution in [0, 0.1) is 5.92 Å². The summed E-state index contributed by atoms with van der Waals surface area (Å²) in [6.07, 6.45) is 10.0. The molecule has 0 aliphatic heterocycles. The summed E-state index contributed by atoms with van der Waals surface area (Å²) < 4.78 is 0. The summed E-state index contributed by atoms with van der Waals surface area (Å²) in [5.74, 6) is 1.86. The third-order valence-corrected chi connectivity index (χ3v) is 7.92. The van der Waals surface area contributed by atoms with Crippen molar-refractivity contribution in [2.45, 2.75) is 63.7 Å². The minimum Gasteiger partial charge on any atom is -0.294 e. The van der Waals surface area contributed by atoms with E-state index in [0.717, 1.165) is 18.3 Å². The first-order chi connectivity index (χ1) is 16.1. The van der Waals surface area contributed by atoms with E-state index in [9.17, 15) is 4.79 Å². The molecule has 0 N–H and O–H groups in total. The first kappa shape index (κ1) is 21.9. The van der Waals surface area contributed by atoms with Crippen LogP contribution in [0.3, 0.4) is 0 Å². The quantitative estimate of drug-likeness (QED) is 0.393. The van der Waals surface area contributed by atoms with E-state index in [-0.39, 0.29) is 19.0 Å². The Kier molecular flexibility index (Phi) is 6.31. The Bertz CT molecular complexity index is 1140. The molecule has 2 aliphatic carbocycles. The van der Waals surface area contributed by atoms with Gasteiger partial charge in [0.1, 0.15) is 0 Å². The van der Waals surface area contributed by atoms with Crippen LogP contribution in [0.25, 0.3) is 6.08 Å². The van der Waals surface area contributed by atoms with Gasteiger partial charge in [0.2, 0.25) is 0 Å². The van der Waals surface area contributed by atoms with Gasteiger partial charge in [0.15, 0.2) is 5.78 Å². The minimum atomic E-state index is -0.122. The van der Waals surface area contributed by atoms with Gasteiger partial charge in [-0.25, -0.2) is 0 Å². The van der Waals surface area contributed by atoms with Crippen molar-refractivity contribution in [3.63, 3.8) is 0 Å². The lowest BCUT2D eigenvalue weighted by Crippen LogP contribution is -2.21. The molecular weight excluding hydrogens is 400 g/mol. The summed E-state index contributed by atoms with van der Waals surface area (Å²) >= 11 is 0. The molecule has 3 aromatic carbocycles. The molecule has 2 atom stereocenters. The van der Waals surface area contributed by atoms with Gasteiger partial charge in [-0.15, -0.1) is 0 Å². The summed E-state index contributed by atoms with van der Waals surface area (Å²) in [4.78, 5) is 13.0.